The molecule has 0 radical (unpaired) electrons. The molecule has 1 aliphatic heterocycles. The molecule has 1 fully saturated rings. The second-order valence-corrected chi connectivity index (χ2v) is 7.14. The second-order valence-electron chi connectivity index (χ2n) is 7.14. The number of aryl methyl sites for hydroxylation is 1. The summed E-state index contributed by atoms with van der Waals surface area (Å²) in [4.78, 5) is 22.5. The number of benzene rings is 1. The van der Waals surface area contributed by atoms with E-state index in [0.29, 0.717) is 12.7 Å². The molecule has 5 heteroatoms. The van der Waals surface area contributed by atoms with Crippen molar-refractivity contribution in [1.29, 1.82) is 0 Å². The molecule has 0 saturated heterocycles. The van der Waals surface area contributed by atoms with Crippen LogP contribution in [0.25, 0.3) is 0 Å². The number of rotatable bonds is 3. The lowest BCUT2D eigenvalue weighted by atomic mass is 10.2. The topological polar surface area (TPSA) is 41.4 Å². The Morgan fingerprint density at radius 3 is 2.52 bits per heavy atom. The molecule has 1 saturated carbocycles. The monoisotopic (exact) mass is 338 g/mol. The van der Waals surface area contributed by atoms with Crippen LogP contribution in [0.4, 0.5) is 11.6 Å². The minimum Gasteiger partial charge on any atom is -0.298 e. The molecule has 0 N–H and O–H groups in total. The Morgan fingerprint density at radius 1 is 1.12 bits per heavy atom. The van der Waals surface area contributed by atoms with Crippen LogP contribution in [0.5, 0.6) is 0 Å². The molecule has 0 bridgehead atoms. The zero-order valence-corrected chi connectivity index (χ0v) is 15.1. The summed E-state index contributed by atoms with van der Waals surface area (Å²) in [5.74, 6) is 0.778. The Bertz CT molecular complexity index is 808. The van der Waals surface area contributed by atoms with Crippen molar-refractivity contribution >= 4 is 11.6 Å². The summed E-state index contributed by atoms with van der Waals surface area (Å²) < 4.78 is 1.88. The molecule has 0 amide bonds. The van der Waals surface area contributed by atoms with Gasteiger partial charge < -0.3 is 0 Å². The zero-order valence-electron chi connectivity index (χ0n) is 15.1. The number of anilines is 2. The fourth-order valence-corrected chi connectivity index (χ4v) is 4.20. The molecule has 25 heavy (non-hydrogen) atoms. The minimum atomic E-state index is 0.119. The smallest absolute Gasteiger partial charge is 0.259 e. The van der Waals surface area contributed by atoms with Gasteiger partial charge in [-0.15, -0.1) is 0 Å². The number of nitrogens with zero attached hydrogens (tertiary/aromatic N) is 4. The Labute approximate surface area is 148 Å². The lowest BCUT2D eigenvalue weighted by Crippen LogP contribution is -2.51. The van der Waals surface area contributed by atoms with Crippen molar-refractivity contribution in [2.24, 2.45) is 0 Å². The van der Waals surface area contributed by atoms with Gasteiger partial charge in [-0.3, -0.25) is 19.2 Å². The van der Waals surface area contributed by atoms with Gasteiger partial charge in [-0.1, -0.05) is 38.0 Å². The highest BCUT2D eigenvalue weighted by atomic mass is 16.1. The van der Waals surface area contributed by atoms with Gasteiger partial charge in [0.25, 0.3) is 5.56 Å². The van der Waals surface area contributed by atoms with E-state index in [-0.39, 0.29) is 5.56 Å². The van der Waals surface area contributed by atoms with Gasteiger partial charge in [-0.2, -0.15) is 0 Å². The highest BCUT2D eigenvalue weighted by Gasteiger charge is 2.32. The molecule has 1 aliphatic carbocycles. The third kappa shape index (κ3) is 2.86. The third-order valence-electron chi connectivity index (χ3n) is 5.60. The van der Waals surface area contributed by atoms with E-state index in [1.165, 1.54) is 25.7 Å². The maximum absolute atomic E-state index is 13.1. The van der Waals surface area contributed by atoms with Gasteiger partial charge >= 0.3 is 0 Å². The lowest BCUT2D eigenvalue weighted by molar-refractivity contribution is 0.138. The van der Waals surface area contributed by atoms with E-state index in [0.717, 1.165) is 36.0 Å². The lowest BCUT2D eigenvalue weighted by Gasteiger charge is -2.41. The van der Waals surface area contributed by atoms with E-state index in [2.05, 4.69) is 21.9 Å². The first-order valence-corrected chi connectivity index (χ1v) is 9.36. The first kappa shape index (κ1) is 16.3. The van der Waals surface area contributed by atoms with Crippen LogP contribution in [-0.2, 0) is 13.1 Å². The second kappa shape index (κ2) is 6.64. The SMILES string of the molecule is CCc1c(C)nc2n(c1=O)CN(C1CCCC1)CN2c1ccccc1. The van der Waals surface area contributed by atoms with E-state index in [4.69, 9.17) is 4.98 Å². The molecule has 132 valence electrons. The predicted octanol–water partition coefficient (Wildman–Crippen LogP) is 3.43. The van der Waals surface area contributed by atoms with Crippen LogP contribution < -0.4 is 10.5 Å². The molecule has 4 rings (SSSR count). The maximum Gasteiger partial charge on any atom is 0.259 e. The van der Waals surface area contributed by atoms with Crippen LogP contribution in [0.1, 0.15) is 43.9 Å². The van der Waals surface area contributed by atoms with Crippen LogP contribution in [0.15, 0.2) is 35.1 Å². The summed E-state index contributed by atoms with van der Waals surface area (Å²) in [6, 6.07) is 10.9. The van der Waals surface area contributed by atoms with E-state index in [9.17, 15) is 4.79 Å². The molecular formula is C20H26N4O. The molecule has 2 aromatic rings. The molecule has 1 aromatic heterocycles. The number of aromatic nitrogens is 2. The highest BCUT2D eigenvalue weighted by Crippen LogP contribution is 2.31. The summed E-state index contributed by atoms with van der Waals surface area (Å²) in [5.41, 5.74) is 2.90. The standard InChI is InChI=1S/C20H26N4O/c1-3-18-15(2)21-20-23(17-11-5-4-6-12-17)13-22(14-24(20)19(18)25)16-9-7-8-10-16/h4-6,11-12,16H,3,7-10,13-14H2,1-2H3. The van der Waals surface area contributed by atoms with E-state index >= 15 is 0 Å². The Morgan fingerprint density at radius 2 is 1.84 bits per heavy atom. The Balaban J connectivity index is 1.83. The van der Waals surface area contributed by atoms with Gasteiger partial charge in [0, 0.05) is 23.0 Å². The molecular weight excluding hydrogens is 312 g/mol. The fourth-order valence-electron chi connectivity index (χ4n) is 4.20. The van der Waals surface area contributed by atoms with E-state index in [1.54, 1.807) is 0 Å². The van der Waals surface area contributed by atoms with Crippen LogP contribution in [0.3, 0.4) is 0 Å². The van der Waals surface area contributed by atoms with Gasteiger partial charge in [-0.05, 0) is 38.3 Å². The van der Waals surface area contributed by atoms with Crippen molar-refractivity contribution < 1.29 is 0 Å². The van der Waals surface area contributed by atoms with Crippen LogP contribution in [0, 0.1) is 6.92 Å². The number of hydrogen-bond acceptors (Lipinski definition) is 4. The summed E-state index contributed by atoms with van der Waals surface area (Å²) >= 11 is 0. The van der Waals surface area contributed by atoms with Crippen molar-refractivity contribution in [1.82, 2.24) is 14.5 Å². The van der Waals surface area contributed by atoms with E-state index in [1.807, 2.05) is 36.6 Å². The minimum absolute atomic E-state index is 0.119. The predicted molar refractivity (Wildman–Crippen MR) is 100 cm³/mol. The van der Waals surface area contributed by atoms with Crippen molar-refractivity contribution in [3.05, 3.63) is 51.9 Å². The number of fused-ring (bicyclic) bond motifs is 1. The largest absolute Gasteiger partial charge is 0.298 e. The average molecular weight is 338 g/mol. The Hall–Kier alpha value is -2.14. The van der Waals surface area contributed by atoms with E-state index < -0.39 is 0 Å². The van der Waals surface area contributed by atoms with Crippen molar-refractivity contribution in [2.45, 2.75) is 58.7 Å². The van der Waals surface area contributed by atoms with Crippen LogP contribution >= 0.6 is 0 Å². The summed E-state index contributed by atoms with van der Waals surface area (Å²) in [6.45, 7) is 5.44. The summed E-state index contributed by atoms with van der Waals surface area (Å²) in [6.07, 6.45) is 5.77. The molecule has 1 aromatic carbocycles. The summed E-state index contributed by atoms with van der Waals surface area (Å²) in [5, 5.41) is 0. The molecule has 2 aliphatic rings. The summed E-state index contributed by atoms with van der Waals surface area (Å²) in [7, 11) is 0. The molecule has 0 spiro atoms. The van der Waals surface area contributed by atoms with Gasteiger partial charge in [0.2, 0.25) is 5.95 Å². The highest BCUT2D eigenvalue weighted by molar-refractivity contribution is 5.58. The first-order chi connectivity index (χ1) is 12.2. The molecule has 2 heterocycles. The van der Waals surface area contributed by atoms with Crippen molar-refractivity contribution in [3.8, 4) is 0 Å². The molecule has 0 atom stereocenters. The third-order valence-corrected chi connectivity index (χ3v) is 5.60. The van der Waals surface area contributed by atoms with Crippen molar-refractivity contribution in [2.75, 3.05) is 11.6 Å². The molecule has 5 nitrogen and oxygen atoms in total. The van der Waals surface area contributed by atoms with Gasteiger partial charge in [0.15, 0.2) is 0 Å². The maximum atomic E-state index is 13.1. The quantitative estimate of drug-likeness (QED) is 0.860. The van der Waals surface area contributed by atoms with Crippen molar-refractivity contribution in [3.63, 3.8) is 0 Å². The van der Waals surface area contributed by atoms with Crippen LogP contribution in [0.2, 0.25) is 0 Å². The van der Waals surface area contributed by atoms with Crippen LogP contribution in [-0.4, -0.2) is 27.2 Å². The first-order valence-electron chi connectivity index (χ1n) is 9.36. The fraction of sp³-hybridized carbons (Fsp3) is 0.500. The van der Waals surface area contributed by atoms with Gasteiger partial charge in [-0.25, -0.2) is 4.98 Å². The zero-order chi connectivity index (χ0) is 17.4. The van der Waals surface area contributed by atoms with Gasteiger partial charge in [0.1, 0.15) is 0 Å². The number of hydrogen-bond donors (Lipinski definition) is 0. The number of para-hydroxylation sites is 1. The van der Waals surface area contributed by atoms with Gasteiger partial charge in [0.05, 0.1) is 13.3 Å². The average Bonchev–Trinajstić information content (AvgIpc) is 3.17. The normalized spacial score (nSPS) is 18.6. The Kier molecular flexibility index (Phi) is 4.34. The molecule has 0 unspecified atom stereocenters.